The highest BCUT2D eigenvalue weighted by Crippen LogP contribution is 2.20. The van der Waals surface area contributed by atoms with Crippen LogP contribution in [-0.4, -0.2) is 53.9 Å². The quantitative estimate of drug-likeness (QED) is 0.699. The molecule has 5 nitrogen and oxygen atoms in total. The van der Waals surface area contributed by atoms with E-state index < -0.39 is 6.10 Å². The van der Waals surface area contributed by atoms with Crippen molar-refractivity contribution in [2.45, 2.75) is 39.2 Å². The first-order valence-electron chi connectivity index (χ1n) is 10.5. The van der Waals surface area contributed by atoms with Crippen LogP contribution in [-0.2, 0) is 4.79 Å². The normalized spacial score (nSPS) is 15.6. The SMILES string of the molecule is CC(Oc1ccc(C(C)C)cc1)C(=O)N1CCCN(C(=O)c2cccc(Cl)c2)CC1. The van der Waals surface area contributed by atoms with Crippen LogP contribution in [0.5, 0.6) is 5.75 Å². The van der Waals surface area contributed by atoms with Crippen molar-refractivity contribution in [3.8, 4) is 5.75 Å². The average Bonchev–Trinajstić information content (AvgIpc) is 2.99. The number of hydrogen-bond acceptors (Lipinski definition) is 3. The molecule has 2 aromatic carbocycles. The minimum Gasteiger partial charge on any atom is -0.481 e. The molecule has 0 aromatic heterocycles. The van der Waals surface area contributed by atoms with E-state index in [2.05, 4.69) is 13.8 Å². The summed E-state index contributed by atoms with van der Waals surface area (Å²) in [7, 11) is 0. The lowest BCUT2D eigenvalue weighted by Gasteiger charge is -2.25. The summed E-state index contributed by atoms with van der Waals surface area (Å²) in [5.41, 5.74) is 1.81. The van der Waals surface area contributed by atoms with Gasteiger partial charge in [0.2, 0.25) is 0 Å². The minimum absolute atomic E-state index is 0.0543. The van der Waals surface area contributed by atoms with Gasteiger partial charge in [-0.2, -0.15) is 0 Å². The van der Waals surface area contributed by atoms with Crippen molar-refractivity contribution >= 4 is 23.4 Å². The molecule has 1 atom stereocenters. The third-order valence-corrected chi connectivity index (χ3v) is 5.61. The van der Waals surface area contributed by atoms with Crippen molar-refractivity contribution in [2.24, 2.45) is 0 Å². The van der Waals surface area contributed by atoms with Crippen molar-refractivity contribution in [2.75, 3.05) is 26.2 Å². The van der Waals surface area contributed by atoms with E-state index in [1.807, 2.05) is 24.3 Å². The van der Waals surface area contributed by atoms with E-state index >= 15 is 0 Å². The van der Waals surface area contributed by atoms with E-state index in [0.29, 0.717) is 48.4 Å². The van der Waals surface area contributed by atoms with Gasteiger partial charge in [0, 0.05) is 36.8 Å². The van der Waals surface area contributed by atoms with E-state index in [1.54, 1.807) is 41.0 Å². The van der Waals surface area contributed by atoms with Crippen molar-refractivity contribution in [3.63, 3.8) is 0 Å². The van der Waals surface area contributed by atoms with Crippen LogP contribution in [0.1, 0.15) is 49.0 Å². The summed E-state index contributed by atoms with van der Waals surface area (Å²) in [6.45, 7) is 8.26. The van der Waals surface area contributed by atoms with E-state index in [1.165, 1.54) is 5.56 Å². The maximum atomic E-state index is 12.9. The molecule has 6 heteroatoms. The molecule has 2 aromatic rings. The topological polar surface area (TPSA) is 49.9 Å². The largest absolute Gasteiger partial charge is 0.481 e. The van der Waals surface area contributed by atoms with Crippen LogP contribution < -0.4 is 4.74 Å². The molecule has 0 N–H and O–H groups in total. The van der Waals surface area contributed by atoms with Crippen molar-refractivity contribution in [1.82, 2.24) is 9.80 Å². The smallest absolute Gasteiger partial charge is 0.263 e. The Morgan fingerprint density at radius 3 is 2.27 bits per heavy atom. The predicted octanol–water partition coefficient (Wildman–Crippen LogP) is 4.61. The molecule has 0 saturated carbocycles. The van der Waals surface area contributed by atoms with Crippen LogP contribution in [0.4, 0.5) is 0 Å². The first-order chi connectivity index (χ1) is 14.3. The molecule has 1 heterocycles. The summed E-state index contributed by atoms with van der Waals surface area (Å²) in [6.07, 6.45) is 0.151. The van der Waals surface area contributed by atoms with Crippen LogP contribution in [0.2, 0.25) is 5.02 Å². The van der Waals surface area contributed by atoms with Gasteiger partial charge in [0.15, 0.2) is 6.10 Å². The third-order valence-electron chi connectivity index (χ3n) is 5.37. The molecule has 30 heavy (non-hydrogen) atoms. The number of benzene rings is 2. The second-order valence-electron chi connectivity index (χ2n) is 7.97. The monoisotopic (exact) mass is 428 g/mol. The van der Waals surface area contributed by atoms with Gasteiger partial charge in [-0.3, -0.25) is 9.59 Å². The lowest BCUT2D eigenvalue weighted by Crippen LogP contribution is -2.43. The number of halogens is 1. The van der Waals surface area contributed by atoms with Crippen molar-refractivity contribution < 1.29 is 14.3 Å². The maximum absolute atomic E-state index is 12.9. The zero-order valence-electron chi connectivity index (χ0n) is 17.8. The summed E-state index contributed by atoms with van der Waals surface area (Å²) in [6, 6.07) is 14.8. The Morgan fingerprint density at radius 2 is 1.60 bits per heavy atom. The fourth-order valence-corrected chi connectivity index (χ4v) is 3.78. The van der Waals surface area contributed by atoms with Crippen molar-refractivity contribution in [3.05, 3.63) is 64.7 Å². The highest BCUT2D eigenvalue weighted by atomic mass is 35.5. The van der Waals surface area contributed by atoms with Crippen LogP contribution in [0, 0.1) is 0 Å². The molecule has 1 saturated heterocycles. The summed E-state index contributed by atoms with van der Waals surface area (Å²) < 4.78 is 5.88. The molecule has 0 bridgehead atoms. The fourth-order valence-electron chi connectivity index (χ4n) is 3.59. The number of amides is 2. The fraction of sp³-hybridized carbons (Fsp3) is 0.417. The zero-order chi connectivity index (χ0) is 21.7. The number of hydrogen-bond donors (Lipinski definition) is 0. The molecule has 2 amide bonds. The molecule has 1 aliphatic rings. The average molecular weight is 429 g/mol. The minimum atomic E-state index is -0.579. The Bertz CT molecular complexity index is 882. The van der Waals surface area contributed by atoms with Crippen LogP contribution in [0.15, 0.2) is 48.5 Å². The molecule has 0 radical (unpaired) electrons. The van der Waals surface area contributed by atoms with E-state index in [-0.39, 0.29) is 11.8 Å². The molecule has 1 aliphatic heterocycles. The second kappa shape index (κ2) is 9.98. The second-order valence-corrected chi connectivity index (χ2v) is 8.40. The summed E-state index contributed by atoms with van der Waals surface area (Å²) in [5, 5.41) is 0.542. The van der Waals surface area contributed by atoms with Gasteiger partial charge in [-0.15, -0.1) is 0 Å². The van der Waals surface area contributed by atoms with Gasteiger partial charge < -0.3 is 14.5 Å². The van der Waals surface area contributed by atoms with Crippen LogP contribution in [0.3, 0.4) is 0 Å². The maximum Gasteiger partial charge on any atom is 0.263 e. The lowest BCUT2D eigenvalue weighted by molar-refractivity contribution is -0.137. The number of ether oxygens (including phenoxy) is 1. The Balaban J connectivity index is 1.57. The molecular weight excluding hydrogens is 400 g/mol. The van der Waals surface area contributed by atoms with Gasteiger partial charge in [-0.1, -0.05) is 43.6 Å². The summed E-state index contributed by atoms with van der Waals surface area (Å²) in [4.78, 5) is 29.2. The number of nitrogens with zero attached hydrogens (tertiary/aromatic N) is 2. The molecular formula is C24H29ClN2O3. The van der Waals surface area contributed by atoms with Crippen LogP contribution in [0.25, 0.3) is 0 Å². The van der Waals surface area contributed by atoms with Gasteiger partial charge in [-0.05, 0) is 55.2 Å². The highest BCUT2D eigenvalue weighted by molar-refractivity contribution is 6.30. The standard InChI is InChI=1S/C24H29ClN2O3/c1-17(2)19-8-10-22(11-9-19)30-18(3)23(28)26-12-5-13-27(15-14-26)24(29)20-6-4-7-21(25)16-20/h4,6-11,16-18H,5,12-15H2,1-3H3. The molecule has 3 rings (SSSR count). The van der Waals surface area contributed by atoms with Gasteiger partial charge in [0.05, 0.1) is 0 Å². The third kappa shape index (κ3) is 5.54. The molecule has 1 fully saturated rings. The van der Waals surface area contributed by atoms with Gasteiger partial charge in [0.1, 0.15) is 5.75 Å². The predicted molar refractivity (Wildman–Crippen MR) is 119 cm³/mol. The van der Waals surface area contributed by atoms with Crippen molar-refractivity contribution in [1.29, 1.82) is 0 Å². The van der Waals surface area contributed by atoms with E-state index in [0.717, 1.165) is 6.42 Å². The molecule has 160 valence electrons. The number of rotatable bonds is 5. The van der Waals surface area contributed by atoms with E-state index in [4.69, 9.17) is 16.3 Å². The molecule has 0 spiro atoms. The Morgan fingerprint density at radius 1 is 0.933 bits per heavy atom. The molecule has 0 aliphatic carbocycles. The van der Waals surface area contributed by atoms with Gasteiger partial charge >= 0.3 is 0 Å². The Labute approximate surface area is 183 Å². The lowest BCUT2D eigenvalue weighted by atomic mass is 10.0. The Kier molecular flexibility index (Phi) is 7.38. The van der Waals surface area contributed by atoms with Gasteiger partial charge in [0.25, 0.3) is 11.8 Å². The Hall–Kier alpha value is -2.53. The highest BCUT2D eigenvalue weighted by Gasteiger charge is 2.26. The first kappa shape index (κ1) is 22.2. The summed E-state index contributed by atoms with van der Waals surface area (Å²) >= 11 is 6.01. The first-order valence-corrected chi connectivity index (χ1v) is 10.8. The van der Waals surface area contributed by atoms with Gasteiger partial charge in [-0.25, -0.2) is 0 Å². The number of carbonyl (C=O) groups is 2. The molecule has 1 unspecified atom stereocenters. The van der Waals surface area contributed by atoms with E-state index in [9.17, 15) is 9.59 Å². The summed E-state index contributed by atoms with van der Waals surface area (Å²) in [5.74, 6) is 1.03. The zero-order valence-corrected chi connectivity index (χ0v) is 18.6. The number of carbonyl (C=O) groups excluding carboxylic acids is 2. The van der Waals surface area contributed by atoms with Crippen LogP contribution >= 0.6 is 11.6 Å².